The molecule has 110 valence electrons. The Labute approximate surface area is 129 Å². The van der Waals surface area contributed by atoms with Crippen molar-refractivity contribution in [2.24, 2.45) is 0 Å². The van der Waals surface area contributed by atoms with E-state index in [4.69, 9.17) is 0 Å². The molecule has 1 N–H and O–H groups in total. The van der Waals surface area contributed by atoms with Gasteiger partial charge in [-0.25, -0.2) is 0 Å². The largest absolute Gasteiger partial charge is 0.288 e. The Kier molecular flexibility index (Phi) is 4.25. The summed E-state index contributed by atoms with van der Waals surface area (Å²) in [5.74, 6) is -0.0144. The molecule has 0 saturated heterocycles. The summed E-state index contributed by atoms with van der Waals surface area (Å²) < 4.78 is 0. The van der Waals surface area contributed by atoms with E-state index in [0.29, 0.717) is 0 Å². The molecule has 1 aromatic carbocycles. The molecule has 1 aromatic heterocycles. The molecule has 2 aromatic rings. The summed E-state index contributed by atoms with van der Waals surface area (Å²) in [7, 11) is 1.87. The van der Waals surface area contributed by atoms with Crippen molar-refractivity contribution in [3.8, 4) is 0 Å². The lowest BCUT2D eigenvalue weighted by atomic mass is 10.1. The highest BCUT2D eigenvalue weighted by Crippen LogP contribution is 2.29. The third kappa shape index (κ3) is 3.27. The number of anilines is 1. The first-order valence-corrected chi connectivity index (χ1v) is 8.27. The molecular formula is C17H20N2OS. The van der Waals surface area contributed by atoms with Crippen molar-refractivity contribution in [3.05, 3.63) is 51.7 Å². The highest BCUT2D eigenvalue weighted by molar-refractivity contribution is 7.14. The average molecular weight is 300 g/mol. The van der Waals surface area contributed by atoms with Gasteiger partial charge in [0, 0.05) is 11.9 Å². The van der Waals surface area contributed by atoms with E-state index < -0.39 is 0 Å². The SMILES string of the molecule is CN(NC(=O)c1cc2c(s1)CCCCC2)c1ccccc1. The van der Waals surface area contributed by atoms with Crippen LogP contribution in [0.5, 0.6) is 0 Å². The molecule has 1 aliphatic carbocycles. The number of nitrogens with one attached hydrogen (secondary N) is 1. The molecule has 0 spiro atoms. The number of hydrazine groups is 1. The van der Waals surface area contributed by atoms with E-state index in [2.05, 4.69) is 11.5 Å². The summed E-state index contributed by atoms with van der Waals surface area (Å²) in [5, 5.41) is 1.77. The molecule has 0 fully saturated rings. The fourth-order valence-electron chi connectivity index (χ4n) is 2.70. The second kappa shape index (κ2) is 6.31. The molecule has 0 radical (unpaired) electrons. The monoisotopic (exact) mass is 300 g/mol. The zero-order valence-electron chi connectivity index (χ0n) is 12.3. The Bertz CT molecular complexity index is 597. The van der Waals surface area contributed by atoms with Gasteiger partial charge in [0.15, 0.2) is 0 Å². The van der Waals surface area contributed by atoms with Crippen LogP contribution in [0.2, 0.25) is 0 Å². The van der Waals surface area contributed by atoms with E-state index in [1.54, 1.807) is 16.3 Å². The van der Waals surface area contributed by atoms with Gasteiger partial charge in [0.25, 0.3) is 5.91 Å². The van der Waals surface area contributed by atoms with Crippen LogP contribution < -0.4 is 10.4 Å². The third-order valence-electron chi connectivity index (χ3n) is 3.88. The number of carbonyl (C=O) groups excluding carboxylic acids is 1. The molecule has 0 saturated carbocycles. The van der Waals surface area contributed by atoms with E-state index in [1.165, 1.54) is 29.7 Å². The van der Waals surface area contributed by atoms with Gasteiger partial charge in [0.1, 0.15) is 0 Å². The molecule has 0 bridgehead atoms. The smallest absolute Gasteiger partial charge is 0.279 e. The molecule has 1 heterocycles. The maximum atomic E-state index is 12.4. The second-order valence-electron chi connectivity index (χ2n) is 5.46. The first kappa shape index (κ1) is 14.1. The zero-order chi connectivity index (χ0) is 14.7. The Morgan fingerprint density at radius 2 is 1.90 bits per heavy atom. The highest BCUT2D eigenvalue weighted by Gasteiger charge is 2.17. The van der Waals surface area contributed by atoms with Gasteiger partial charge in [-0.1, -0.05) is 24.6 Å². The van der Waals surface area contributed by atoms with Crippen LogP contribution in [0.25, 0.3) is 0 Å². The number of thiophene rings is 1. The minimum atomic E-state index is -0.0144. The summed E-state index contributed by atoms with van der Waals surface area (Å²) in [5.41, 5.74) is 5.30. The van der Waals surface area contributed by atoms with Gasteiger partial charge in [-0.15, -0.1) is 11.3 Å². The predicted octanol–water partition coefficient (Wildman–Crippen LogP) is 3.80. The quantitative estimate of drug-likeness (QED) is 0.691. The number of nitrogens with zero attached hydrogens (tertiary/aromatic N) is 1. The molecule has 1 amide bonds. The van der Waals surface area contributed by atoms with E-state index in [0.717, 1.165) is 23.4 Å². The number of aryl methyl sites for hydroxylation is 2. The van der Waals surface area contributed by atoms with Crippen molar-refractivity contribution in [2.75, 3.05) is 12.1 Å². The minimum absolute atomic E-state index is 0.0144. The van der Waals surface area contributed by atoms with E-state index in [-0.39, 0.29) is 5.91 Å². The molecule has 21 heavy (non-hydrogen) atoms. The molecule has 3 rings (SSSR count). The summed E-state index contributed by atoms with van der Waals surface area (Å²) in [6.45, 7) is 0. The Morgan fingerprint density at radius 3 is 2.71 bits per heavy atom. The minimum Gasteiger partial charge on any atom is -0.288 e. The fourth-order valence-corrected chi connectivity index (χ4v) is 3.85. The van der Waals surface area contributed by atoms with Crippen molar-refractivity contribution in [1.29, 1.82) is 0 Å². The molecule has 4 heteroatoms. The van der Waals surface area contributed by atoms with Crippen LogP contribution in [0.15, 0.2) is 36.4 Å². The number of para-hydroxylation sites is 1. The van der Waals surface area contributed by atoms with Crippen LogP contribution in [0.3, 0.4) is 0 Å². The predicted molar refractivity (Wildman–Crippen MR) is 87.9 cm³/mol. The van der Waals surface area contributed by atoms with Gasteiger partial charge in [-0.2, -0.15) is 0 Å². The zero-order valence-corrected chi connectivity index (χ0v) is 13.1. The number of carbonyl (C=O) groups is 1. The summed E-state index contributed by atoms with van der Waals surface area (Å²) in [4.78, 5) is 14.6. The van der Waals surface area contributed by atoms with Gasteiger partial charge in [0.05, 0.1) is 10.6 Å². The highest BCUT2D eigenvalue weighted by atomic mass is 32.1. The van der Waals surface area contributed by atoms with Crippen LogP contribution in [-0.4, -0.2) is 13.0 Å². The van der Waals surface area contributed by atoms with Crippen LogP contribution in [0, 0.1) is 0 Å². The normalized spacial score (nSPS) is 14.1. The first-order chi connectivity index (χ1) is 10.2. The number of hydrogen-bond acceptors (Lipinski definition) is 3. The van der Waals surface area contributed by atoms with Gasteiger partial charge in [0.2, 0.25) is 0 Å². The number of benzene rings is 1. The summed E-state index contributed by atoms with van der Waals surface area (Å²) in [6.07, 6.45) is 6.04. The summed E-state index contributed by atoms with van der Waals surface area (Å²) >= 11 is 1.66. The van der Waals surface area contributed by atoms with Crippen LogP contribution in [0.4, 0.5) is 5.69 Å². The van der Waals surface area contributed by atoms with Crippen molar-refractivity contribution in [2.45, 2.75) is 32.1 Å². The van der Waals surface area contributed by atoms with E-state index >= 15 is 0 Å². The molecule has 0 aliphatic heterocycles. The van der Waals surface area contributed by atoms with Gasteiger partial charge in [-0.3, -0.25) is 15.2 Å². The molecule has 1 aliphatic rings. The van der Waals surface area contributed by atoms with Gasteiger partial charge < -0.3 is 0 Å². The van der Waals surface area contributed by atoms with Crippen LogP contribution >= 0.6 is 11.3 Å². The van der Waals surface area contributed by atoms with Crippen molar-refractivity contribution >= 4 is 22.9 Å². The first-order valence-electron chi connectivity index (χ1n) is 7.45. The van der Waals surface area contributed by atoms with Gasteiger partial charge in [-0.05, 0) is 49.4 Å². The van der Waals surface area contributed by atoms with Crippen molar-refractivity contribution in [1.82, 2.24) is 5.43 Å². The van der Waals surface area contributed by atoms with E-state index in [1.807, 2.05) is 37.4 Å². The van der Waals surface area contributed by atoms with Crippen molar-refractivity contribution in [3.63, 3.8) is 0 Å². The third-order valence-corrected chi connectivity index (χ3v) is 5.12. The molecule has 3 nitrogen and oxygen atoms in total. The Hall–Kier alpha value is -1.81. The van der Waals surface area contributed by atoms with Gasteiger partial charge >= 0.3 is 0 Å². The molecular weight excluding hydrogens is 280 g/mol. The number of hydrogen-bond donors (Lipinski definition) is 1. The maximum absolute atomic E-state index is 12.4. The fraction of sp³-hybridized carbons (Fsp3) is 0.353. The number of amides is 1. The molecule has 0 unspecified atom stereocenters. The number of fused-ring (bicyclic) bond motifs is 1. The lowest BCUT2D eigenvalue weighted by Crippen LogP contribution is -2.38. The standard InChI is InChI=1S/C17H20N2OS/c1-19(14-9-5-3-6-10-14)18-17(20)16-12-13-8-4-2-7-11-15(13)21-16/h3,5-6,9-10,12H,2,4,7-8,11H2,1H3,(H,18,20). The van der Waals surface area contributed by atoms with Crippen molar-refractivity contribution < 1.29 is 4.79 Å². The number of rotatable bonds is 3. The maximum Gasteiger partial charge on any atom is 0.279 e. The summed E-state index contributed by atoms with van der Waals surface area (Å²) in [6, 6.07) is 11.9. The van der Waals surface area contributed by atoms with Crippen LogP contribution in [-0.2, 0) is 12.8 Å². The van der Waals surface area contributed by atoms with E-state index in [9.17, 15) is 4.79 Å². The lowest BCUT2D eigenvalue weighted by molar-refractivity contribution is 0.0955. The lowest BCUT2D eigenvalue weighted by Gasteiger charge is -2.19. The second-order valence-corrected chi connectivity index (χ2v) is 6.59. The Morgan fingerprint density at radius 1 is 1.14 bits per heavy atom. The topological polar surface area (TPSA) is 32.3 Å². The van der Waals surface area contributed by atoms with Crippen LogP contribution in [0.1, 0.15) is 39.4 Å². The average Bonchev–Trinajstić information content (AvgIpc) is 2.79. The Balaban J connectivity index is 1.71. The molecule has 0 atom stereocenters.